The van der Waals surface area contributed by atoms with Crippen LogP contribution >= 0.6 is 0 Å². The maximum absolute atomic E-state index is 13.8. The standard InChI is InChI=1S/C15H15F2N/c1-10(18-2)11-7-8-15(17)13(9-11)12-5-3-4-6-14(12)16/h3-10,18H,1-2H3. The summed E-state index contributed by atoms with van der Waals surface area (Å²) in [6.45, 7) is 1.97. The molecule has 0 bridgehead atoms. The van der Waals surface area contributed by atoms with Crippen molar-refractivity contribution >= 4 is 0 Å². The van der Waals surface area contributed by atoms with E-state index >= 15 is 0 Å². The molecule has 0 radical (unpaired) electrons. The Labute approximate surface area is 105 Å². The molecule has 0 saturated heterocycles. The first-order valence-corrected chi connectivity index (χ1v) is 5.85. The summed E-state index contributed by atoms with van der Waals surface area (Å²) in [5, 5.41) is 3.08. The minimum absolute atomic E-state index is 0.0936. The normalized spacial score (nSPS) is 12.4. The number of nitrogens with one attached hydrogen (secondary N) is 1. The second-order valence-electron chi connectivity index (χ2n) is 4.23. The molecule has 1 unspecified atom stereocenters. The third-order valence-electron chi connectivity index (χ3n) is 3.09. The lowest BCUT2D eigenvalue weighted by molar-refractivity contribution is 0.611. The Morgan fingerprint density at radius 2 is 1.61 bits per heavy atom. The Morgan fingerprint density at radius 3 is 2.28 bits per heavy atom. The fraction of sp³-hybridized carbons (Fsp3) is 0.200. The van der Waals surface area contributed by atoms with Crippen molar-refractivity contribution in [1.29, 1.82) is 0 Å². The van der Waals surface area contributed by atoms with Gasteiger partial charge in [0.1, 0.15) is 11.6 Å². The van der Waals surface area contributed by atoms with E-state index in [0.717, 1.165) is 5.56 Å². The molecular formula is C15H15F2N. The van der Waals surface area contributed by atoms with Crippen LogP contribution in [-0.4, -0.2) is 7.05 Å². The highest BCUT2D eigenvalue weighted by Gasteiger charge is 2.12. The molecule has 2 rings (SSSR count). The average molecular weight is 247 g/mol. The topological polar surface area (TPSA) is 12.0 Å². The highest BCUT2D eigenvalue weighted by Crippen LogP contribution is 2.28. The minimum atomic E-state index is -0.411. The highest BCUT2D eigenvalue weighted by molar-refractivity contribution is 5.65. The molecule has 2 aromatic rings. The lowest BCUT2D eigenvalue weighted by atomic mass is 9.99. The van der Waals surface area contributed by atoms with Crippen molar-refractivity contribution in [2.45, 2.75) is 13.0 Å². The molecule has 0 aromatic heterocycles. The van der Waals surface area contributed by atoms with Gasteiger partial charge in [-0.3, -0.25) is 0 Å². The number of rotatable bonds is 3. The van der Waals surface area contributed by atoms with E-state index in [1.165, 1.54) is 12.1 Å². The first-order chi connectivity index (χ1) is 8.63. The van der Waals surface area contributed by atoms with Crippen molar-refractivity contribution in [3.63, 3.8) is 0 Å². The highest BCUT2D eigenvalue weighted by atomic mass is 19.1. The zero-order valence-corrected chi connectivity index (χ0v) is 10.4. The quantitative estimate of drug-likeness (QED) is 0.867. The summed E-state index contributed by atoms with van der Waals surface area (Å²) in [4.78, 5) is 0. The summed E-state index contributed by atoms with van der Waals surface area (Å²) in [5.74, 6) is -0.821. The number of benzene rings is 2. The zero-order chi connectivity index (χ0) is 13.1. The third-order valence-corrected chi connectivity index (χ3v) is 3.09. The molecule has 1 nitrogen and oxygen atoms in total. The fourth-order valence-corrected chi connectivity index (χ4v) is 1.86. The van der Waals surface area contributed by atoms with Crippen LogP contribution in [0.2, 0.25) is 0 Å². The van der Waals surface area contributed by atoms with Gasteiger partial charge in [-0.25, -0.2) is 8.78 Å². The predicted molar refractivity (Wildman–Crippen MR) is 69.3 cm³/mol. The van der Waals surface area contributed by atoms with Crippen molar-refractivity contribution in [2.75, 3.05) is 7.05 Å². The van der Waals surface area contributed by atoms with Gasteiger partial charge in [-0.05, 0) is 37.7 Å². The smallest absolute Gasteiger partial charge is 0.131 e. The van der Waals surface area contributed by atoms with Gasteiger partial charge in [0, 0.05) is 17.2 Å². The summed E-state index contributed by atoms with van der Waals surface area (Å²) in [7, 11) is 1.83. The Balaban J connectivity index is 2.54. The van der Waals surface area contributed by atoms with Gasteiger partial charge in [0.25, 0.3) is 0 Å². The van der Waals surface area contributed by atoms with E-state index < -0.39 is 11.6 Å². The number of halogens is 2. The summed E-state index contributed by atoms with van der Waals surface area (Å²) in [5.41, 5.74) is 1.52. The van der Waals surface area contributed by atoms with Crippen molar-refractivity contribution in [3.05, 3.63) is 59.7 Å². The minimum Gasteiger partial charge on any atom is -0.313 e. The Hall–Kier alpha value is -1.74. The van der Waals surface area contributed by atoms with E-state index in [2.05, 4.69) is 5.32 Å². The average Bonchev–Trinajstić information content (AvgIpc) is 2.39. The number of hydrogen-bond donors (Lipinski definition) is 1. The van der Waals surface area contributed by atoms with Gasteiger partial charge in [-0.15, -0.1) is 0 Å². The molecule has 0 amide bonds. The van der Waals surface area contributed by atoms with Gasteiger partial charge in [-0.2, -0.15) is 0 Å². The molecule has 1 N–H and O–H groups in total. The van der Waals surface area contributed by atoms with Crippen LogP contribution in [0.3, 0.4) is 0 Å². The maximum atomic E-state index is 13.8. The fourth-order valence-electron chi connectivity index (χ4n) is 1.86. The Morgan fingerprint density at radius 1 is 0.944 bits per heavy atom. The van der Waals surface area contributed by atoms with Crippen LogP contribution in [0, 0.1) is 11.6 Å². The van der Waals surface area contributed by atoms with Gasteiger partial charge < -0.3 is 5.32 Å². The number of hydrogen-bond acceptors (Lipinski definition) is 1. The van der Waals surface area contributed by atoms with E-state index in [4.69, 9.17) is 0 Å². The molecule has 0 heterocycles. The van der Waals surface area contributed by atoms with Gasteiger partial charge >= 0.3 is 0 Å². The van der Waals surface area contributed by atoms with Crippen LogP contribution in [-0.2, 0) is 0 Å². The second-order valence-corrected chi connectivity index (χ2v) is 4.23. The van der Waals surface area contributed by atoms with Crippen molar-refractivity contribution < 1.29 is 8.78 Å². The van der Waals surface area contributed by atoms with Crippen molar-refractivity contribution in [3.8, 4) is 11.1 Å². The van der Waals surface area contributed by atoms with E-state index in [-0.39, 0.29) is 6.04 Å². The SMILES string of the molecule is CNC(C)c1ccc(F)c(-c2ccccc2F)c1. The lowest BCUT2D eigenvalue weighted by Gasteiger charge is -2.13. The first-order valence-electron chi connectivity index (χ1n) is 5.85. The molecule has 0 aliphatic rings. The van der Waals surface area contributed by atoms with Crippen LogP contribution in [0.5, 0.6) is 0 Å². The third kappa shape index (κ3) is 2.41. The van der Waals surface area contributed by atoms with Crippen LogP contribution in [0.15, 0.2) is 42.5 Å². The molecule has 2 aromatic carbocycles. The van der Waals surface area contributed by atoms with E-state index in [1.807, 2.05) is 14.0 Å². The largest absolute Gasteiger partial charge is 0.313 e. The molecule has 18 heavy (non-hydrogen) atoms. The lowest BCUT2D eigenvalue weighted by Crippen LogP contribution is -2.12. The second kappa shape index (κ2) is 5.27. The molecule has 0 saturated carbocycles. The van der Waals surface area contributed by atoms with Crippen LogP contribution < -0.4 is 5.32 Å². The summed E-state index contributed by atoms with van der Waals surface area (Å²) >= 11 is 0. The Bertz CT molecular complexity index is 552. The summed E-state index contributed by atoms with van der Waals surface area (Å²) in [6, 6.07) is 11.1. The molecule has 0 fully saturated rings. The van der Waals surface area contributed by atoms with Crippen LogP contribution in [0.4, 0.5) is 8.78 Å². The van der Waals surface area contributed by atoms with E-state index in [0.29, 0.717) is 11.1 Å². The van der Waals surface area contributed by atoms with Crippen LogP contribution in [0.1, 0.15) is 18.5 Å². The molecule has 3 heteroatoms. The summed E-state index contributed by atoms with van der Waals surface area (Å²) < 4.78 is 27.5. The van der Waals surface area contributed by atoms with Gasteiger partial charge in [-0.1, -0.05) is 24.3 Å². The van der Waals surface area contributed by atoms with Crippen LogP contribution in [0.25, 0.3) is 11.1 Å². The van der Waals surface area contributed by atoms with E-state index in [1.54, 1.807) is 30.3 Å². The maximum Gasteiger partial charge on any atom is 0.131 e. The zero-order valence-electron chi connectivity index (χ0n) is 10.4. The summed E-state index contributed by atoms with van der Waals surface area (Å²) in [6.07, 6.45) is 0. The molecule has 0 aliphatic carbocycles. The van der Waals surface area contributed by atoms with Crippen molar-refractivity contribution in [1.82, 2.24) is 5.32 Å². The first kappa shape index (κ1) is 12.7. The Kier molecular flexibility index (Phi) is 3.72. The van der Waals surface area contributed by atoms with E-state index in [9.17, 15) is 8.78 Å². The monoisotopic (exact) mass is 247 g/mol. The van der Waals surface area contributed by atoms with Gasteiger partial charge in [0.15, 0.2) is 0 Å². The molecule has 0 aliphatic heterocycles. The molecule has 0 spiro atoms. The molecule has 1 atom stereocenters. The van der Waals surface area contributed by atoms with Gasteiger partial charge in [0.05, 0.1) is 0 Å². The molecule has 94 valence electrons. The molecular weight excluding hydrogens is 232 g/mol. The predicted octanol–water partition coefficient (Wildman–Crippen LogP) is 3.91. The van der Waals surface area contributed by atoms with Gasteiger partial charge in [0.2, 0.25) is 0 Å². The van der Waals surface area contributed by atoms with Crippen molar-refractivity contribution in [2.24, 2.45) is 0 Å².